The van der Waals surface area contributed by atoms with Gasteiger partial charge in [-0.05, 0) is 36.6 Å². The molecule has 0 saturated heterocycles. The molecule has 9 nitrogen and oxygen atoms in total. The van der Waals surface area contributed by atoms with Crippen LogP contribution in [0.3, 0.4) is 0 Å². The molecule has 30 heavy (non-hydrogen) atoms. The molecular weight excluding hydrogens is 410 g/mol. The molecule has 0 aliphatic carbocycles. The van der Waals surface area contributed by atoms with Gasteiger partial charge in [0.15, 0.2) is 6.10 Å². The Balaban J connectivity index is 1.71. The lowest BCUT2D eigenvalue weighted by molar-refractivity contribution is -0.123. The highest BCUT2D eigenvalue weighted by molar-refractivity contribution is 7.14. The number of hydrogen-bond acceptors (Lipinski definition) is 7. The lowest BCUT2D eigenvalue weighted by atomic mass is 10.1. The first-order valence-electron chi connectivity index (χ1n) is 8.74. The van der Waals surface area contributed by atoms with Crippen LogP contribution in [-0.2, 0) is 9.53 Å². The van der Waals surface area contributed by atoms with Gasteiger partial charge in [-0.1, -0.05) is 6.08 Å². The molecule has 154 valence electrons. The fraction of sp³-hybridized carbons (Fsp3) is 0.150. The van der Waals surface area contributed by atoms with Gasteiger partial charge >= 0.3 is 5.97 Å². The number of nitrogens with zero attached hydrogens (tertiary/aromatic N) is 1. The molecule has 2 aromatic rings. The number of carbonyl (C=O) groups is 5. The van der Waals surface area contributed by atoms with Gasteiger partial charge in [0.25, 0.3) is 23.6 Å². The van der Waals surface area contributed by atoms with Crippen molar-refractivity contribution in [2.24, 2.45) is 5.73 Å². The predicted molar refractivity (Wildman–Crippen MR) is 108 cm³/mol. The van der Waals surface area contributed by atoms with Crippen molar-refractivity contribution < 1.29 is 28.7 Å². The molecule has 1 aliphatic rings. The Morgan fingerprint density at radius 1 is 1.23 bits per heavy atom. The Morgan fingerprint density at radius 3 is 2.60 bits per heavy atom. The summed E-state index contributed by atoms with van der Waals surface area (Å²) in [5.74, 6) is -3.20. The van der Waals surface area contributed by atoms with Crippen LogP contribution in [0.2, 0.25) is 0 Å². The molecule has 0 fully saturated rings. The van der Waals surface area contributed by atoms with Crippen LogP contribution >= 0.6 is 11.3 Å². The Bertz CT molecular complexity index is 1090. The van der Waals surface area contributed by atoms with Crippen LogP contribution in [-0.4, -0.2) is 47.1 Å². The third-order valence-corrected chi connectivity index (χ3v) is 5.17. The summed E-state index contributed by atoms with van der Waals surface area (Å²) >= 11 is 1.10. The number of fused-ring (bicyclic) bond motifs is 1. The van der Waals surface area contributed by atoms with Crippen molar-refractivity contribution >= 4 is 45.9 Å². The minimum absolute atomic E-state index is 0.0175. The first kappa shape index (κ1) is 20.9. The monoisotopic (exact) mass is 427 g/mol. The van der Waals surface area contributed by atoms with E-state index in [0.29, 0.717) is 0 Å². The zero-order valence-electron chi connectivity index (χ0n) is 15.8. The van der Waals surface area contributed by atoms with E-state index in [0.717, 1.165) is 16.2 Å². The second kappa shape index (κ2) is 8.29. The number of carbonyl (C=O) groups excluding carboxylic acids is 5. The maximum absolute atomic E-state index is 12.4. The number of benzene rings is 1. The maximum atomic E-state index is 12.4. The standard InChI is InChI=1S/C20H17N3O6S/c1-3-7-23-18(26)12-5-4-11(9-14(12)19(23)27)20(28)29-10(2)16(25)22-17-13(15(21)24)6-8-30-17/h3-6,8-10H,1,7H2,2H3,(H2,21,24)(H,22,25)/t10-/m0/s1. The lowest BCUT2D eigenvalue weighted by Crippen LogP contribution is -2.30. The van der Waals surface area contributed by atoms with Crippen molar-refractivity contribution in [2.45, 2.75) is 13.0 Å². The van der Waals surface area contributed by atoms with E-state index in [4.69, 9.17) is 10.5 Å². The SMILES string of the molecule is C=CCN1C(=O)c2ccc(C(=O)O[C@@H](C)C(=O)Nc3sccc3C(N)=O)cc2C1=O. The van der Waals surface area contributed by atoms with Crippen molar-refractivity contribution in [3.05, 3.63) is 64.6 Å². The van der Waals surface area contributed by atoms with Gasteiger partial charge in [0.2, 0.25) is 0 Å². The smallest absolute Gasteiger partial charge is 0.338 e. The number of esters is 1. The number of amides is 4. The first-order valence-corrected chi connectivity index (χ1v) is 9.62. The second-order valence-electron chi connectivity index (χ2n) is 6.33. The fourth-order valence-electron chi connectivity index (χ4n) is 2.81. The highest BCUT2D eigenvalue weighted by atomic mass is 32.1. The molecule has 4 amide bonds. The van der Waals surface area contributed by atoms with Crippen molar-refractivity contribution in [1.82, 2.24) is 4.90 Å². The zero-order chi connectivity index (χ0) is 22.0. The number of ether oxygens (including phenoxy) is 1. The average Bonchev–Trinajstić information content (AvgIpc) is 3.26. The molecule has 0 radical (unpaired) electrons. The van der Waals surface area contributed by atoms with Crippen LogP contribution in [0, 0.1) is 0 Å². The Morgan fingerprint density at radius 2 is 1.93 bits per heavy atom. The van der Waals surface area contributed by atoms with Gasteiger partial charge in [-0.25, -0.2) is 4.79 Å². The molecule has 3 N–H and O–H groups in total. The minimum Gasteiger partial charge on any atom is -0.449 e. The summed E-state index contributed by atoms with van der Waals surface area (Å²) in [5.41, 5.74) is 5.66. The topological polar surface area (TPSA) is 136 Å². The number of primary amides is 1. The number of nitrogens with two attached hydrogens (primary N) is 1. The van der Waals surface area contributed by atoms with E-state index < -0.39 is 35.7 Å². The number of nitrogens with one attached hydrogen (secondary N) is 1. The summed E-state index contributed by atoms with van der Waals surface area (Å²) < 4.78 is 5.15. The van der Waals surface area contributed by atoms with E-state index in [-0.39, 0.29) is 33.8 Å². The normalized spacial score (nSPS) is 13.6. The molecule has 1 aromatic carbocycles. The number of hydrogen-bond donors (Lipinski definition) is 2. The van der Waals surface area contributed by atoms with E-state index >= 15 is 0 Å². The molecule has 10 heteroatoms. The zero-order valence-corrected chi connectivity index (χ0v) is 16.7. The molecule has 0 unspecified atom stereocenters. The largest absolute Gasteiger partial charge is 0.449 e. The molecule has 1 aliphatic heterocycles. The highest BCUT2D eigenvalue weighted by Gasteiger charge is 2.35. The van der Waals surface area contributed by atoms with E-state index in [1.807, 2.05) is 0 Å². The fourth-order valence-corrected chi connectivity index (χ4v) is 3.60. The number of anilines is 1. The third-order valence-electron chi connectivity index (χ3n) is 4.34. The lowest BCUT2D eigenvalue weighted by Gasteiger charge is -2.13. The van der Waals surface area contributed by atoms with Gasteiger partial charge in [0, 0.05) is 6.54 Å². The van der Waals surface area contributed by atoms with Gasteiger partial charge in [-0.3, -0.25) is 24.1 Å². The molecular formula is C20H17N3O6S. The highest BCUT2D eigenvalue weighted by Crippen LogP contribution is 2.25. The number of rotatable bonds is 7. The quantitative estimate of drug-likeness (QED) is 0.393. The minimum atomic E-state index is -1.19. The van der Waals surface area contributed by atoms with Crippen LogP contribution in [0.25, 0.3) is 0 Å². The molecule has 0 saturated carbocycles. The summed E-state index contributed by atoms with van der Waals surface area (Å²) in [6.45, 7) is 4.92. The Hall–Kier alpha value is -3.79. The van der Waals surface area contributed by atoms with Crippen molar-refractivity contribution in [2.75, 3.05) is 11.9 Å². The van der Waals surface area contributed by atoms with Crippen molar-refractivity contribution in [3.63, 3.8) is 0 Å². The van der Waals surface area contributed by atoms with E-state index in [1.165, 1.54) is 37.3 Å². The summed E-state index contributed by atoms with van der Waals surface area (Å²) in [7, 11) is 0. The Labute approximate surface area is 175 Å². The van der Waals surface area contributed by atoms with E-state index in [2.05, 4.69) is 11.9 Å². The van der Waals surface area contributed by atoms with Gasteiger partial charge in [0.05, 0.1) is 22.3 Å². The van der Waals surface area contributed by atoms with Gasteiger partial charge in [-0.15, -0.1) is 17.9 Å². The first-order chi connectivity index (χ1) is 14.2. The molecule has 3 rings (SSSR count). The van der Waals surface area contributed by atoms with Gasteiger partial charge in [0.1, 0.15) is 5.00 Å². The summed E-state index contributed by atoms with van der Waals surface area (Å²) in [4.78, 5) is 61.7. The molecule has 1 atom stereocenters. The van der Waals surface area contributed by atoms with Gasteiger partial charge < -0.3 is 15.8 Å². The Kier molecular flexibility index (Phi) is 5.79. The van der Waals surface area contributed by atoms with Crippen LogP contribution in [0.5, 0.6) is 0 Å². The second-order valence-corrected chi connectivity index (χ2v) is 7.25. The van der Waals surface area contributed by atoms with Crippen LogP contribution < -0.4 is 11.1 Å². The maximum Gasteiger partial charge on any atom is 0.338 e. The third kappa shape index (κ3) is 3.85. The van der Waals surface area contributed by atoms with Crippen LogP contribution in [0.1, 0.15) is 48.4 Å². The molecule has 0 spiro atoms. The van der Waals surface area contributed by atoms with Crippen LogP contribution in [0.15, 0.2) is 42.3 Å². The van der Waals surface area contributed by atoms with Crippen molar-refractivity contribution in [1.29, 1.82) is 0 Å². The summed E-state index contributed by atoms with van der Waals surface area (Å²) in [6, 6.07) is 5.44. The number of thiophene rings is 1. The van der Waals surface area contributed by atoms with Gasteiger partial charge in [-0.2, -0.15) is 0 Å². The average molecular weight is 427 g/mol. The summed E-state index contributed by atoms with van der Waals surface area (Å²) in [6.07, 6.45) is 0.233. The molecule has 1 aromatic heterocycles. The molecule has 2 heterocycles. The molecule has 0 bridgehead atoms. The van der Waals surface area contributed by atoms with E-state index in [1.54, 1.807) is 5.38 Å². The number of imide groups is 1. The van der Waals surface area contributed by atoms with Crippen molar-refractivity contribution in [3.8, 4) is 0 Å². The van der Waals surface area contributed by atoms with E-state index in [9.17, 15) is 24.0 Å². The predicted octanol–water partition coefficient (Wildman–Crippen LogP) is 1.81. The summed E-state index contributed by atoms with van der Waals surface area (Å²) in [5, 5.41) is 4.33. The van der Waals surface area contributed by atoms with Crippen LogP contribution in [0.4, 0.5) is 5.00 Å².